The first kappa shape index (κ1) is 26.6. The maximum absolute atomic E-state index is 12.8. The Bertz CT molecular complexity index is 1180. The number of ether oxygens (including phenoxy) is 3. The molecule has 192 valence electrons. The van der Waals surface area contributed by atoms with Gasteiger partial charge in [-0.05, 0) is 61.5 Å². The number of methoxy groups -OCH3 is 1. The molecule has 1 aromatic heterocycles. The molecule has 0 saturated carbocycles. The average Bonchev–Trinajstić information content (AvgIpc) is 3.30. The number of amides is 2. The van der Waals surface area contributed by atoms with E-state index in [-0.39, 0.29) is 17.9 Å². The number of hydrogen-bond acceptors (Lipinski definition) is 6. The number of hydrogen-bond donors (Lipinski definition) is 1. The summed E-state index contributed by atoms with van der Waals surface area (Å²) in [5, 5.41) is 4.62. The van der Waals surface area contributed by atoms with E-state index in [1.54, 1.807) is 29.8 Å². The Balaban J connectivity index is 1.95. The van der Waals surface area contributed by atoms with E-state index in [2.05, 4.69) is 5.10 Å². The highest BCUT2D eigenvalue weighted by molar-refractivity contribution is 5.93. The molecule has 1 unspecified atom stereocenters. The Labute approximate surface area is 211 Å². The van der Waals surface area contributed by atoms with Gasteiger partial charge in [0.05, 0.1) is 18.5 Å². The van der Waals surface area contributed by atoms with Crippen molar-refractivity contribution in [1.29, 1.82) is 0 Å². The van der Waals surface area contributed by atoms with Gasteiger partial charge < -0.3 is 24.8 Å². The number of nitrogens with zero attached hydrogens (tertiary/aromatic N) is 3. The van der Waals surface area contributed by atoms with Crippen LogP contribution in [0.25, 0.3) is 16.9 Å². The molecule has 0 aliphatic carbocycles. The fourth-order valence-corrected chi connectivity index (χ4v) is 3.44. The van der Waals surface area contributed by atoms with E-state index < -0.39 is 12.2 Å². The fourth-order valence-electron chi connectivity index (χ4n) is 3.44. The smallest absolute Gasteiger partial charge is 0.404 e. The van der Waals surface area contributed by atoms with E-state index in [9.17, 15) is 9.59 Å². The van der Waals surface area contributed by atoms with Crippen LogP contribution in [0.4, 0.5) is 4.79 Å². The van der Waals surface area contributed by atoms with Crippen LogP contribution >= 0.6 is 0 Å². The highest BCUT2D eigenvalue weighted by atomic mass is 16.6. The van der Waals surface area contributed by atoms with Crippen LogP contribution < -0.4 is 15.2 Å². The van der Waals surface area contributed by atoms with Crippen LogP contribution in [0.1, 0.15) is 38.2 Å². The summed E-state index contributed by atoms with van der Waals surface area (Å²) in [6.07, 6.45) is -1.23. The minimum Gasteiger partial charge on any atom is -0.497 e. The quantitative estimate of drug-likeness (QED) is 0.468. The van der Waals surface area contributed by atoms with Crippen molar-refractivity contribution in [2.24, 2.45) is 11.1 Å². The maximum Gasteiger partial charge on any atom is 0.404 e. The summed E-state index contributed by atoms with van der Waals surface area (Å²) in [6, 6.07) is 16.7. The van der Waals surface area contributed by atoms with Crippen molar-refractivity contribution in [1.82, 2.24) is 14.7 Å². The number of carbonyl (C=O) groups is 2. The highest BCUT2D eigenvalue weighted by Crippen LogP contribution is 2.30. The van der Waals surface area contributed by atoms with Gasteiger partial charge in [-0.3, -0.25) is 4.79 Å². The number of benzene rings is 2. The molecule has 0 aliphatic rings. The van der Waals surface area contributed by atoms with Gasteiger partial charge in [0.2, 0.25) is 0 Å². The predicted octanol–water partition coefficient (Wildman–Crippen LogP) is 4.53. The molecule has 1 heterocycles. The van der Waals surface area contributed by atoms with Crippen LogP contribution in [0, 0.1) is 5.41 Å². The number of nitrogens with two attached hydrogens (primary N) is 1. The average molecular weight is 495 g/mol. The number of aromatic nitrogens is 2. The van der Waals surface area contributed by atoms with Crippen molar-refractivity contribution in [3.8, 4) is 28.4 Å². The summed E-state index contributed by atoms with van der Waals surface area (Å²) in [7, 11) is 3.35. The molecule has 9 nitrogen and oxygen atoms in total. The van der Waals surface area contributed by atoms with Crippen LogP contribution in [0.5, 0.6) is 11.5 Å². The zero-order valence-electron chi connectivity index (χ0n) is 21.6. The van der Waals surface area contributed by atoms with Gasteiger partial charge in [-0.1, -0.05) is 20.8 Å². The minimum absolute atomic E-state index is 0.0429. The van der Waals surface area contributed by atoms with Crippen molar-refractivity contribution in [3.05, 3.63) is 60.3 Å². The van der Waals surface area contributed by atoms with Crippen LogP contribution in [-0.4, -0.2) is 60.1 Å². The Morgan fingerprint density at radius 3 is 2.19 bits per heavy atom. The summed E-state index contributed by atoms with van der Waals surface area (Å²) in [5.74, 6) is 1.18. The number of rotatable bonds is 9. The summed E-state index contributed by atoms with van der Waals surface area (Å²) >= 11 is 0. The summed E-state index contributed by atoms with van der Waals surface area (Å²) in [4.78, 5) is 25.5. The molecule has 2 aromatic carbocycles. The maximum atomic E-state index is 12.8. The predicted molar refractivity (Wildman–Crippen MR) is 138 cm³/mol. The van der Waals surface area contributed by atoms with E-state index in [0.29, 0.717) is 18.0 Å². The van der Waals surface area contributed by atoms with Crippen LogP contribution in [-0.2, 0) is 4.74 Å². The molecule has 0 aliphatic heterocycles. The van der Waals surface area contributed by atoms with E-state index in [0.717, 1.165) is 22.7 Å². The second-order valence-corrected chi connectivity index (χ2v) is 9.47. The number of primary amides is 1. The first-order valence-electron chi connectivity index (χ1n) is 11.7. The highest BCUT2D eigenvalue weighted by Gasteiger charge is 2.28. The third kappa shape index (κ3) is 6.35. The van der Waals surface area contributed by atoms with E-state index in [1.165, 1.54) is 0 Å². The molecule has 2 N–H and O–H groups in total. The topological polar surface area (TPSA) is 109 Å². The molecule has 0 fully saturated rings. The Kier molecular flexibility index (Phi) is 8.24. The Morgan fingerprint density at radius 1 is 1.06 bits per heavy atom. The molecule has 2 amide bonds. The second-order valence-electron chi connectivity index (χ2n) is 9.47. The van der Waals surface area contributed by atoms with Crippen molar-refractivity contribution in [2.75, 3.05) is 27.3 Å². The lowest BCUT2D eigenvalue weighted by molar-refractivity contribution is 0.0240. The number of carbonyl (C=O) groups excluding carboxylic acids is 2. The van der Waals surface area contributed by atoms with E-state index in [1.807, 2.05) is 76.2 Å². The largest absolute Gasteiger partial charge is 0.497 e. The molecule has 3 aromatic rings. The molecular weight excluding hydrogens is 460 g/mol. The zero-order chi connectivity index (χ0) is 26.5. The summed E-state index contributed by atoms with van der Waals surface area (Å²) < 4.78 is 18.1. The molecule has 9 heteroatoms. The molecule has 1 atom stereocenters. The van der Waals surface area contributed by atoms with Crippen LogP contribution in [0.2, 0.25) is 0 Å². The van der Waals surface area contributed by atoms with Crippen LogP contribution in [0.15, 0.2) is 54.6 Å². The van der Waals surface area contributed by atoms with Gasteiger partial charge >= 0.3 is 6.09 Å². The van der Waals surface area contributed by atoms with Gasteiger partial charge in [-0.15, -0.1) is 0 Å². The normalized spacial score (nSPS) is 12.1. The van der Waals surface area contributed by atoms with Crippen molar-refractivity contribution in [3.63, 3.8) is 0 Å². The fraction of sp³-hybridized carbons (Fsp3) is 0.370. The van der Waals surface area contributed by atoms with Crippen molar-refractivity contribution < 1.29 is 23.8 Å². The standard InChI is InChI=1S/C27H34N4O5/c1-7-30(5)25(32)22-16-23(31(29-22)19-10-14-20(34-6)15-11-19)18-8-12-21(13-9-18)36-24(27(2,3)4)17-35-26(28)33/h8-16,24H,7,17H2,1-6H3,(H2,28,33). The van der Waals surface area contributed by atoms with Gasteiger partial charge in [0.1, 0.15) is 24.2 Å². The molecule has 0 saturated heterocycles. The molecule has 36 heavy (non-hydrogen) atoms. The lowest BCUT2D eigenvalue weighted by Gasteiger charge is -2.30. The van der Waals surface area contributed by atoms with Gasteiger partial charge in [0.15, 0.2) is 5.69 Å². The first-order valence-corrected chi connectivity index (χ1v) is 11.7. The van der Waals surface area contributed by atoms with Gasteiger partial charge in [-0.25, -0.2) is 9.48 Å². The molecule has 3 rings (SSSR count). The third-order valence-corrected chi connectivity index (χ3v) is 5.84. The Hall–Kier alpha value is -4.01. The lowest BCUT2D eigenvalue weighted by Crippen LogP contribution is -2.37. The third-order valence-electron chi connectivity index (χ3n) is 5.84. The molecule has 0 radical (unpaired) electrons. The molecular formula is C27H34N4O5. The Morgan fingerprint density at radius 2 is 1.67 bits per heavy atom. The SMILES string of the molecule is CCN(C)C(=O)c1cc(-c2ccc(OC(COC(N)=O)C(C)(C)C)cc2)n(-c2ccc(OC)cc2)n1. The van der Waals surface area contributed by atoms with E-state index in [4.69, 9.17) is 19.9 Å². The second kappa shape index (κ2) is 11.2. The monoisotopic (exact) mass is 494 g/mol. The summed E-state index contributed by atoms with van der Waals surface area (Å²) in [5.41, 5.74) is 7.59. The van der Waals surface area contributed by atoms with Gasteiger partial charge in [0, 0.05) is 24.6 Å². The van der Waals surface area contributed by atoms with E-state index >= 15 is 0 Å². The van der Waals surface area contributed by atoms with Crippen molar-refractivity contribution >= 4 is 12.0 Å². The lowest BCUT2D eigenvalue weighted by atomic mass is 9.89. The summed E-state index contributed by atoms with van der Waals surface area (Å²) in [6.45, 7) is 8.52. The van der Waals surface area contributed by atoms with Crippen LogP contribution in [0.3, 0.4) is 0 Å². The van der Waals surface area contributed by atoms with Gasteiger partial charge in [0.25, 0.3) is 5.91 Å². The molecule has 0 spiro atoms. The van der Waals surface area contributed by atoms with Crippen molar-refractivity contribution in [2.45, 2.75) is 33.8 Å². The minimum atomic E-state index is -0.839. The molecule has 0 bridgehead atoms. The van der Waals surface area contributed by atoms with Gasteiger partial charge in [-0.2, -0.15) is 5.10 Å². The first-order chi connectivity index (χ1) is 17.0. The zero-order valence-corrected chi connectivity index (χ0v) is 21.6.